The average molecular weight is 337 g/mol. The average Bonchev–Trinajstić information content (AvgIpc) is 2.82. The van der Waals surface area contributed by atoms with Crippen molar-refractivity contribution >= 4 is 30.0 Å². The Balaban J connectivity index is 2.35. The minimum atomic E-state index is 0.104. The summed E-state index contributed by atoms with van der Waals surface area (Å²) in [6.45, 7) is 1.89. The first-order valence-electron chi connectivity index (χ1n) is 6.19. The summed E-state index contributed by atoms with van der Waals surface area (Å²) in [7, 11) is 1.52. The van der Waals surface area contributed by atoms with Crippen LogP contribution in [0.25, 0.3) is 0 Å². The number of hydrogen-bond donors (Lipinski definition) is 1. The van der Waals surface area contributed by atoms with Crippen molar-refractivity contribution in [2.75, 3.05) is 13.7 Å². The Morgan fingerprint density at radius 1 is 1.59 bits per heavy atom. The van der Waals surface area contributed by atoms with Gasteiger partial charge in [0.1, 0.15) is 12.4 Å². The zero-order valence-electron chi connectivity index (χ0n) is 12.0. The lowest BCUT2D eigenvalue weighted by Crippen LogP contribution is -1.99. The van der Waals surface area contributed by atoms with Crippen molar-refractivity contribution in [3.63, 3.8) is 0 Å². The van der Waals surface area contributed by atoms with Gasteiger partial charge in [-0.15, -0.1) is 6.42 Å². The minimum Gasteiger partial charge on any atom is -0.493 e. The Labute approximate surface area is 137 Å². The lowest BCUT2D eigenvalue weighted by Gasteiger charge is -2.11. The van der Waals surface area contributed by atoms with Crippen molar-refractivity contribution in [1.82, 2.24) is 14.9 Å². The summed E-state index contributed by atoms with van der Waals surface area (Å²) in [5.41, 5.74) is 0.720. The molecule has 0 bridgehead atoms. The molecule has 8 heteroatoms. The minimum absolute atomic E-state index is 0.104. The molecule has 0 saturated heterocycles. The Morgan fingerprint density at radius 3 is 2.95 bits per heavy atom. The molecule has 0 amide bonds. The Kier molecular flexibility index (Phi) is 5.20. The van der Waals surface area contributed by atoms with Crippen molar-refractivity contribution in [3.05, 3.63) is 33.3 Å². The van der Waals surface area contributed by atoms with Gasteiger partial charge in [0, 0.05) is 0 Å². The third kappa shape index (κ3) is 3.47. The molecule has 0 aliphatic carbocycles. The van der Waals surface area contributed by atoms with Gasteiger partial charge in [-0.05, 0) is 36.8 Å². The smallest absolute Gasteiger partial charge is 0.216 e. The second kappa shape index (κ2) is 7.11. The van der Waals surface area contributed by atoms with E-state index in [1.165, 1.54) is 11.8 Å². The van der Waals surface area contributed by atoms with E-state index in [1.54, 1.807) is 25.3 Å². The van der Waals surface area contributed by atoms with E-state index in [0.29, 0.717) is 27.1 Å². The zero-order valence-corrected chi connectivity index (χ0v) is 13.5. The molecule has 1 aromatic carbocycles. The van der Waals surface area contributed by atoms with E-state index in [2.05, 4.69) is 21.2 Å². The molecule has 2 aromatic rings. The third-order valence-electron chi connectivity index (χ3n) is 2.69. The van der Waals surface area contributed by atoms with Crippen molar-refractivity contribution in [1.29, 1.82) is 0 Å². The molecular weight excluding hydrogens is 324 g/mol. The van der Waals surface area contributed by atoms with E-state index in [9.17, 15) is 0 Å². The number of benzene rings is 1. The van der Waals surface area contributed by atoms with Gasteiger partial charge in [0.2, 0.25) is 4.77 Å². The van der Waals surface area contributed by atoms with E-state index >= 15 is 0 Å². The second-order valence-electron chi connectivity index (χ2n) is 4.16. The van der Waals surface area contributed by atoms with Gasteiger partial charge in [-0.1, -0.05) is 17.5 Å². The number of nitrogens with zero attached hydrogens (tertiary/aromatic N) is 3. The number of ether oxygens (including phenoxy) is 2. The summed E-state index contributed by atoms with van der Waals surface area (Å²) < 4.78 is 12.5. The fourth-order valence-electron chi connectivity index (χ4n) is 1.70. The third-order valence-corrected chi connectivity index (χ3v) is 3.23. The molecular formula is C14H13ClN4O2S. The van der Waals surface area contributed by atoms with Crippen LogP contribution in [0.15, 0.2) is 17.2 Å². The Morgan fingerprint density at radius 2 is 2.36 bits per heavy atom. The number of nitrogens with one attached hydrogen (secondary N) is 1. The van der Waals surface area contributed by atoms with Gasteiger partial charge in [-0.25, -0.2) is 0 Å². The van der Waals surface area contributed by atoms with E-state index in [-0.39, 0.29) is 6.61 Å². The summed E-state index contributed by atoms with van der Waals surface area (Å²) in [4.78, 5) is 0. The van der Waals surface area contributed by atoms with Gasteiger partial charge in [-0.3, -0.25) is 5.10 Å². The Hall–Kier alpha value is -2.30. The summed E-state index contributed by atoms with van der Waals surface area (Å²) >= 11 is 11.3. The van der Waals surface area contributed by atoms with Gasteiger partial charge in [0.05, 0.1) is 18.3 Å². The maximum Gasteiger partial charge on any atom is 0.216 e. The highest BCUT2D eigenvalue weighted by molar-refractivity contribution is 7.71. The monoisotopic (exact) mass is 336 g/mol. The van der Waals surface area contributed by atoms with Crippen molar-refractivity contribution < 1.29 is 9.47 Å². The first-order valence-corrected chi connectivity index (χ1v) is 6.97. The van der Waals surface area contributed by atoms with Gasteiger partial charge >= 0.3 is 0 Å². The first-order chi connectivity index (χ1) is 10.6. The van der Waals surface area contributed by atoms with Gasteiger partial charge in [0.25, 0.3) is 0 Å². The van der Waals surface area contributed by atoms with Gasteiger partial charge < -0.3 is 9.47 Å². The molecule has 2 rings (SSSR count). The lowest BCUT2D eigenvalue weighted by atomic mass is 10.2. The number of hydrogen-bond acceptors (Lipinski definition) is 5. The molecule has 1 N–H and O–H groups in total. The SMILES string of the molecule is C#CCOc1c(Cl)cc(/C=N\n2c(C)n[nH]c2=S)cc1OC. The van der Waals surface area contributed by atoms with Crippen LogP contribution in [-0.2, 0) is 0 Å². The molecule has 0 fully saturated rings. The van der Waals surface area contributed by atoms with E-state index in [4.69, 9.17) is 39.7 Å². The Bertz CT molecular complexity index is 804. The van der Waals surface area contributed by atoms with Crippen LogP contribution in [0.3, 0.4) is 0 Å². The molecule has 0 atom stereocenters. The molecule has 0 aliphatic heterocycles. The number of halogens is 1. The maximum atomic E-state index is 6.19. The van der Waals surface area contributed by atoms with E-state index < -0.39 is 0 Å². The van der Waals surface area contributed by atoms with Crippen LogP contribution in [0.2, 0.25) is 5.02 Å². The molecule has 22 heavy (non-hydrogen) atoms. The van der Waals surface area contributed by atoms with Crippen molar-refractivity contribution in [2.24, 2.45) is 5.10 Å². The van der Waals surface area contributed by atoms with Crippen LogP contribution in [0.1, 0.15) is 11.4 Å². The topological polar surface area (TPSA) is 64.4 Å². The summed E-state index contributed by atoms with van der Waals surface area (Å²) in [6.07, 6.45) is 6.77. The lowest BCUT2D eigenvalue weighted by molar-refractivity contribution is 0.331. The molecule has 0 saturated carbocycles. The fourth-order valence-corrected chi connectivity index (χ4v) is 2.20. The number of aromatic nitrogens is 3. The van der Waals surface area contributed by atoms with Gasteiger partial charge in [-0.2, -0.15) is 14.9 Å². The van der Waals surface area contributed by atoms with Crippen LogP contribution in [-0.4, -0.2) is 34.8 Å². The predicted molar refractivity (Wildman–Crippen MR) is 87.5 cm³/mol. The quantitative estimate of drug-likeness (QED) is 0.518. The van der Waals surface area contributed by atoms with E-state index in [1.807, 2.05) is 0 Å². The number of methoxy groups -OCH3 is 1. The molecule has 1 heterocycles. The molecule has 1 aromatic heterocycles. The largest absolute Gasteiger partial charge is 0.493 e. The maximum absolute atomic E-state index is 6.19. The second-order valence-corrected chi connectivity index (χ2v) is 4.95. The standard InChI is InChI=1S/C14H13ClN4O2S/c1-4-5-21-13-11(15)6-10(7-12(13)20-3)8-16-19-9(2)17-18-14(19)22/h1,6-8H,5H2,2-3H3,(H,18,22)/b16-8-. The van der Waals surface area contributed by atoms with Crippen LogP contribution in [0.5, 0.6) is 11.5 Å². The highest BCUT2D eigenvalue weighted by atomic mass is 35.5. The number of rotatable bonds is 5. The predicted octanol–water partition coefficient (Wildman–Crippen LogP) is 2.81. The highest BCUT2D eigenvalue weighted by Crippen LogP contribution is 2.35. The van der Waals surface area contributed by atoms with Gasteiger partial charge in [0.15, 0.2) is 11.5 Å². The molecule has 0 radical (unpaired) electrons. The number of H-pyrrole nitrogens is 1. The molecule has 0 unspecified atom stereocenters. The summed E-state index contributed by atoms with van der Waals surface area (Å²) in [6, 6.07) is 3.43. The number of aromatic amines is 1. The van der Waals surface area contributed by atoms with Crippen LogP contribution >= 0.6 is 23.8 Å². The number of aryl methyl sites for hydroxylation is 1. The van der Waals surface area contributed by atoms with Crippen LogP contribution in [0.4, 0.5) is 0 Å². The molecule has 6 nitrogen and oxygen atoms in total. The van der Waals surface area contributed by atoms with Crippen molar-refractivity contribution in [2.45, 2.75) is 6.92 Å². The van der Waals surface area contributed by atoms with Crippen LogP contribution in [0, 0.1) is 24.0 Å². The summed E-state index contributed by atoms with van der Waals surface area (Å²) in [5, 5.41) is 11.3. The first kappa shape index (κ1) is 16.1. The highest BCUT2D eigenvalue weighted by Gasteiger charge is 2.11. The normalized spacial score (nSPS) is 10.6. The summed E-state index contributed by atoms with van der Waals surface area (Å²) in [5.74, 6) is 3.89. The molecule has 0 aliphatic rings. The van der Waals surface area contributed by atoms with Crippen molar-refractivity contribution in [3.8, 4) is 23.8 Å². The molecule has 0 spiro atoms. The van der Waals surface area contributed by atoms with Crippen LogP contribution < -0.4 is 9.47 Å². The zero-order chi connectivity index (χ0) is 16.1. The van der Waals surface area contributed by atoms with E-state index in [0.717, 1.165) is 5.56 Å². The molecule has 114 valence electrons. The number of terminal acetylenes is 1. The fraction of sp³-hybridized carbons (Fsp3) is 0.214.